The molecule has 0 aliphatic heterocycles. The van der Waals surface area contributed by atoms with Gasteiger partial charge in [-0.25, -0.2) is 0 Å². The molecular formula is C20H20O4. The number of hydrogen-bond acceptors (Lipinski definition) is 4. The monoisotopic (exact) mass is 324 g/mol. The van der Waals surface area contributed by atoms with E-state index in [0.717, 1.165) is 17.4 Å². The summed E-state index contributed by atoms with van der Waals surface area (Å²) < 4.78 is 4.57. The Morgan fingerprint density at radius 2 is 1.42 bits per heavy atom. The molecule has 0 aromatic heterocycles. The van der Waals surface area contributed by atoms with Crippen molar-refractivity contribution in [3.8, 4) is 11.1 Å². The number of benzene rings is 2. The number of methoxy groups -OCH3 is 1. The van der Waals surface area contributed by atoms with Gasteiger partial charge in [0.15, 0.2) is 5.78 Å². The first-order chi connectivity index (χ1) is 11.6. The molecule has 4 heteroatoms. The van der Waals surface area contributed by atoms with Crippen LogP contribution in [0.5, 0.6) is 0 Å². The Morgan fingerprint density at radius 1 is 0.875 bits per heavy atom. The molecule has 2 aromatic carbocycles. The van der Waals surface area contributed by atoms with Gasteiger partial charge in [-0.1, -0.05) is 48.5 Å². The maximum absolute atomic E-state index is 12.1. The summed E-state index contributed by atoms with van der Waals surface area (Å²) in [6.45, 7) is 0. The summed E-state index contributed by atoms with van der Waals surface area (Å²) in [6.07, 6.45) is 2.90. The van der Waals surface area contributed by atoms with Crippen molar-refractivity contribution in [2.45, 2.75) is 25.7 Å². The van der Waals surface area contributed by atoms with Crippen LogP contribution >= 0.6 is 0 Å². The predicted molar refractivity (Wildman–Crippen MR) is 92.1 cm³/mol. The fourth-order valence-electron chi connectivity index (χ4n) is 2.40. The molecule has 0 aliphatic carbocycles. The van der Waals surface area contributed by atoms with Crippen LogP contribution in [0.2, 0.25) is 0 Å². The molecule has 0 N–H and O–H groups in total. The second kappa shape index (κ2) is 8.77. The third-order valence-electron chi connectivity index (χ3n) is 3.85. The Morgan fingerprint density at radius 3 is 1.96 bits per heavy atom. The van der Waals surface area contributed by atoms with Gasteiger partial charge in [-0.15, -0.1) is 0 Å². The van der Waals surface area contributed by atoms with E-state index in [-0.39, 0.29) is 11.8 Å². The average Bonchev–Trinajstić information content (AvgIpc) is 2.65. The lowest BCUT2D eigenvalue weighted by Crippen LogP contribution is -2.02. The van der Waals surface area contributed by atoms with Crippen molar-refractivity contribution >= 4 is 18.0 Å². The summed E-state index contributed by atoms with van der Waals surface area (Å²) >= 11 is 0. The summed E-state index contributed by atoms with van der Waals surface area (Å²) in [5.74, 6) is -0.171. The van der Waals surface area contributed by atoms with E-state index in [1.807, 2.05) is 36.4 Å². The topological polar surface area (TPSA) is 60.4 Å². The van der Waals surface area contributed by atoms with E-state index < -0.39 is 0 Å². The Balaban J connectivity index is 1.91. The first kappa shape index (κ1) is 17.6. The van der Waals surface area contributed by atoms with E-state index in [1.54, 1.807) is 12.1 Å². The van der Waals surface area contributed by atoms with E-state index in [1.165, 1.54) is 7.11 Å². The molecule has 0 spiro atoms. The summed E-state index contributed by atoms with van der Waals surface area (Å²) in [5.41, 5.74) is 3.30. The minimum atomic E-state index is -0.243. The van der Waals surface area contributed by atoms with Crippen LogP contribution in [0.15, 0.2) is 48.5 Å². The van der Waals surface area contributed by atoms with Gasteiger partial charge in [-0.05, 0) is 24.0 Å². The van der Waals surface area contributed by atoms with Gasteiger partial charge in [0.05, 0.1) is 7.11 Å². The predicted octanol–water partition coefficient (Wildman–Crippen LogP) is 4.08. The minimum absolute atomic E-state index is 0.0720. The van der Waals surface area contributed by atoms with Gasteiger partial charge < -0.3 is 4.74 Å². The van der Waals surface area contributed by atoms with Crippen LogP contribution in [0.3, 0.4) is 0 Å². The van der Waals surface area contributed by atoms with Crippen molar-refractivity contribution in [2.24, 2.45) is 0 Å². The highest BCUT2D eigenvalue weighted by molar-refractivity contribution is 5.96. The molecule has 124 valence electrons. The number of rotatable bonds is 8. The quantitative estimate of drug-likeness (QED) is 0.318. The molecule has 2 aromatic rings. The second-order valence-corrected chi connectivity index (χ2v) is 5.52. The highest BCUT2D eigenvalue weighted by atomic mass is 16.5. The van der Waals surface area contributed by atoms with Crippen LogP contribution in [0, 0.1) is 0 Å². The van der Waals surface area contributed by atoms with E-state index in [2.05, 4.69) is 4.74 Å². The van der Waals surface area contributed by atoms with Crippen LogP contribution in [0.4, 0.5) is 0 Å². The zero-order chi connectivity index (χ0) is 17.4. The molecule has 24 heavy (non-hydrogen) atoms. The Bertz CT molecular complexity index is 699. The molecule has 0 radical (unpaired) electrons. The van der Waals surface area contributed by atoms with Crippen molar-refractivity contribution in [2.75, 3.05) is 7.11 Å². The van der Waals surface area contributed by atoms with Gasteiger partial charge in [0.2, 0.25) is 0 Å². The number of Topliss-reactive ketones (excluding diaryl/α,β-unsaturated/α-hetero) is 1. The standard InChI is InChI=1S/C20H20O4/c1-24-20(23)5-3-2-4-19(22)18-12-10-17(11-13-18)16-8-6-15(14-21)7-9-16/h6-14H,2-5H2,1H3. The molecule has 2 rings (SSSR count). The van der Waals surface area contributed by atoms with E-state index >= 15 is 0 Å². The molecule has 4 nitrogen and oxygen atoms in total. The van der Waals surface area contributed by atoms with E-state index in [4.69, 9.17) is 0 Å². The number of esters is 1. The van der Waals surface area contributed by atoms with Gasteiger partial charge >= 0.3 is 5.97 Å². The number of unbranched alkanes of at least 4 members (excludes halogenated alkanes) is 1. The number of hydrogen-bond donors (Lipinski definition) is 0. The van der Waals surface area contributed by atoms with Crippen LogP contribution in [0.1, 0.15) is 46.4 Å². The largest absolute Gasteiger partial charge is 0.469 e. The van der Waals surface area contributed by atoms with Crippen LogP contribution in [-0.2, 0) is 9.53 Å². The lowest BCUT2D eigenvalue weighted by atomic mass is 9.99. The van der Waals surface area contributed by atoms with Crippen molar-refractivity contribution in [3.05, 3.63) is 59.7 Å². The molecule has 0 amide bonds. The summed E-state index contributed by atoms with van der Waals surface area (Å²) in [5, 5.41) is 0. The van der Waals surface area contributed by atoms with Crippen molar-refractivity contribution in [3.63, 3.8) is 0 Å². The summed E-state index contributed by atoms with van der Waals surface area (Å²) in [6, 6.07) is 14.7. The normalized spacial score (nSPS) is 10.2. The van der Waals surface area contributed by atoms with Crippen LogP contribution in [-0.4, -0.2) is 25.1 Å². The number of carbonyl (C=O) groups excluding carboxylic acids is 3. The van der Waals surface area contributed by atoms with E-state index in [0.29, 0.717) is 36.8 Å². The van der Waals surface area contributed by atoms with Crippen molar-refractivity contribution in [1.82, 2.24) is 0 Å². The SMILES string of the molecule is COC(=O)CCCCC(=O)c1ccc(-c2ccc(C=O)cc2)cc1. The maximum atomic E-state index is 12.1. The minimum Gasteiger partial charge on any atom is -0.469 e. The number of ether oxygens (including phenoxy) is 1. The molecule has 0 saturated carbocycles. The number of aldehydes is 1. The first-order valence-electron chi connectivity index (χ1n) is 7.89. The Labute approximate surface area is 141 Å². The molecule has 0 saturated heterocycles. The fraction of sp³-hybridized carbons (Fsp3) is 0.250. The third kappa shape index (κ3) is 4.88. The molecule has 0 atom stereocenters. The maximum Gasteiger partial charge on any atom is 0.305 e. The zero-order valence-corrected chi connectivity index (χ0v) is 13.7. The number of ketones is 1. The molecular weight excluding hydrogens is 304 g/mol. The molecule has 0 heterocycles. The van der Waals surface area contributed by atoms with Crippen molar-refractivity contribution < 1.29 is 19.1 Å². The van der Waals surface area contributed by atoms with Gasteiger partial charge in [0.25, 0.3) is 0 Å². The summed E-state index contributed by atoms with van der Waals surface area (Å²) in [4.78, 5) is 33.8. The van der Waals surface area contributed by atoms with Gasteiger partial charge in [0.1, 0.15) is 6.29 Å². The first-order valence-corrected chi connectivity index (χ1v) is 7.89. The average molecular weight is 324 g/mol. The van der Waals surface area contributed by atoms with Gasteiger partial charge in [-0.3, -0.25) is 14.4 Å². The molecule has 0 unspecified atom stereocenters. The zero-order valence-electron chi connectivity index (χ0n) is 13.7. The van der Waals surface area contributed by atoms with Gasteiger partial charge in [-0.2, -0.15) is 0 Å². The van der Waals surface area contributed by atoms with Gasteiger partial charge in [0, 0.05) is 24.0 Å². The van der Waals surface area contributed by atoms with E-state index in [9.17, 15) is 14.4 Å². The van der Waals surface area contributed by atoms with Crippen LogP contribution < -0.4 is 0 Å². The number of carbonyl (C=O) groups is 3. The fourth-order valence-corrected chi connectivity index (χ4v) is 2.40. The third-order valence-corrected chi connectivity index (χ3v) is 3.85. The van der Waals surface area contributed by atoms with Crippen LogP contribution in [0.25, 0.3) is 11.1 Å². The molecule has 0 bridgehead atoms. The molecule has 0 fully saturated rings. The lowest BCUT2D eigenvalue weighted by molar-refractivity contribution is -0.140. The lowest BCUT2D eigenvalue weighted by Gasteiger charge is -2.05. The highest BCUT2D eigenvalue weighted by Gasteiger charge is 2.07. The summed E-state index contributed by atoms with van der Waals surface area (Å²) in [7, 11) is 1.36. The van der Waals surface area contributed by atoms with Crippen molar-refractivity contribution in [1.29, 1.82) is 0 Å². The second-order valence-electron chi connectivity index (χ2n) is 5.52. The smallest absolute Gasteiger partial charge is 0.305 e. The Hall–Kier alpha value is -2.75. The Kier molecular flexibility index (Phi) is 6.43. The molecule has 0 aliphatic rings. The highest BCUT2D eigenvalue weighted by Crippen LogP contribution is 2.21.